The molecular weight excluding hydrogens is 278 g/mol. The summed E-state index contributed by atoms with van der Waals surface area (Å²) in [6.45, 7) is 4.34. The summed E-state index contributed by atoms with van der Waals surface area (Å²) >= 11 is 1.94. The van der Waals surface area contributed by atoms with Crippen LogP contribution in [0, 0.1) is 5.92 Å². The molecule has 3 nitrogen and oxygen atoms in total. The molecule has 2 heterocycles. The third kappa shape index (κ3) is 4.00. The van der Waals surface area contributed by atoms with Crippen LogP contribution in [0.3, 0.4) is 0 Å². The van der Waals surface area contributed by atoms with Gasteiger partial charge in [-0.05, 0) is 49.7 Å². The van der Waals surface area contributed by atoms with Crippen molar-refractivity contribution in [2.45, 2.75) is 51.6 Å². The summed E-state index contributed by atoms with van der Waals surface area (Å²) in [7, 11) is 0. The fourth-order valence-electron chi connectivity index (χ4n) is 3.22. The van der Waals surface area contributed by atoms with E-state index in [0.29, 0.717) is 6.04 Å². The van der Waals surface area contributed by atoms with Crippen LogP contribution in [0.5, 0.6) is 0 Å². The van der Waals surface area contributed by atoms with E-state index in [-0.39, 0.29) is 0 Å². The molecule has 3 rings (SSSR count). The van der Waals surface area contributed by atoms with Gasteiger partial charge in [0, 0.05) is 37.3 Å². The van der Waals surface area contributed by atoms with Gasteiger partial charge in [0.15, 0.2) is 5.17 Å². The zero-order valence-corrected chi connectivity index (χ0v) is 13.7. The Morgan fingerprint density at radius 2 is 2.14 bits per heavy atom. The van der Waals surface area contributed by atoms with Crippen molar-refractivity contribution in [3.8, 4) is 0 Å². The molecule has 1 saturated carbocycles. The maximum atomic E-state index is 4.81. The number of nitrogens with zero attached hydrogens (tertiary/aromatic N) is 3. The van der Waals surface area contributed by atoms with Crippen LogP contribution in [0.4, 0.5) is 0 Å². The molecule has 0 atom stereocenters. The van der Waals surface area contributed by atoms with Crippen LogP contribution in [-0.2, 0) is 6.54 Å². The zero-order valence-electron chi connectivity index (χ0n) is 12.9. The van der Waals surface area contributed by atoms with Gasteiger partial charge >= 0.3 is 0 Å². The van der Waals surface area contributed by atoms with Gasteiger partial charge in [0.05, 0.1) is 0 Å². The van der Waals surface area contributed by atoms with Crippen LogP contribution < -0.4 is 0 Å². The summed E-state index contributed by atoms with van der Waals surface area (Å²) in [6.07, 6.45) is 10.4. The maximum Gasteiger partial charge on any atom is 0.159 e. The Balaban J connectivity index is 1.75. The lowest BCUT2D eigenvalue weighted by Gasteiger charge is -2.38. The van der Waals surface area contributed by atoms with Crippen molar-refractivity contribution in [2.75, 3.05) is 12.3 Å². The van der Waals surface area contributed by atoms with Crippen molar-refractivity contribution in [3.05, 3.63) is 30.1 Å². The number of rotatable bonds is 3. The summed E-state index contributed by atoms with van der Waals surface area (Å²) in [5, 5.41) is 1.27. The zero-order chi connectivity index (χ0) is 14.5. The number of aromatic nitrogens is 1. The molecule has 1 aliphatic carbocycles. The van der Waals surface area contributed by atoms with E-state index in [1.54, 1.807) is 0 Å². The first kappa shape index (κ1) is 14.9. The van der Waals surface area contributed by atoms with E-state index >= 15 is 0 Å². The highest BCUT2D eigenvalue weighted by Gasteiger charge is 2.27. The molecule has 0 unspecified atom stereocenters. The molecule has 0 radical (unpaired) electrons. The molecule has 114 valence electrons. The van der Waals surface area contributed by atoms with Crippen LogP contribution in [0.2, 0.25) is 0 Å². The molecule has 1 aliphatic heterocycles. The first-order chi connectivity index (χ1) is 10.3. The number of hydrogen-bond acceptors (Lipinski definition) is 4. The monoisotopic (exact) mass is 303 g/mol. The number of thioether (sulfide) groups is 1. The third-order valence-corrected chi connectivity index (χ3v) is 5.64. The first-order valence-electron chi connectivity index (χ1n) is 8.15. The topological polar surface area (TPSA) is 28.5 Å². The van der Waals surface area contributed by atoms with Crippen molar-refractivity contribution < 1.29 is 0 Å². The number of hydrogen-bond donors (Lipinski definition) is 0. The Labute approximate surface area is 132 Å². The molecule has 1 aromatic rings. The highest BCUT2D eigenvalue weighted by atomic mass is 32.2. The van der Waals surface area contributed by atoms with E-state index in [4.69, 9.17) is 4.99 Å². The molecule has 0 bridgehead atoms. The minimum absolute atomic E-state index is 0.658. The number of pyridine rings is 1. The van der Waals surface area contributed by atoms with Gasteiger partial charge in [-0.25, -0.2) is 0 Å². The van der Waals surface area contributed by atoms with E-state index in [9.17, 15) is 0 Å². The van der Waals surface area contributed by atoms with E-state index < -0.39 is 0 Å². The first-order valence-corrected chi connectivity index (χ1v) is 9.14. The van der Waals surface area contributed by atoms with E-state index in [1.807, 2.05) is 30.2 Å². The molecule has 0 N–H and O–H groups in total. The molecule has 0 spiro atoms. The fraction of sp³-hybridized carbons (Fsp3) is 0.647. The van der Waals surface area contributed by atoms with E-state index in [1.165, 1.54) is 48.6 Å². The molecule has 0 amide bonds. The normalized spacial score (nSPS) is 26.2. The molecule has 0 saturated heterocycles. The van der Waals surface area contributed by atoms with Crippen LogP contribution in [0.15, 0.2) is 29.5 Å². The average molecular weight is 303 g/mol. The van der Waals surface area contributed by atoms with Crippen LogP contribution in [-0.4, -0.2) is 33.4 Å². The minimum Gasteiger partial charge on any atom is -0.344 e. The molecule has 21 heavy (non-hydrogen) atoms. The second-order valence-electron chi connectivity index (χ2n) is 6.27. The van der Waals surface area contributed by atoms with Crippen LogP contribution >= 0.6 is 11.8 Å². The summed E-state index contributed by atoms with van der Waals surface area (Å²) in [4.78, 5) is 11.6. The van der Waals surface area contributed by atoms with Crippen LogP contribution in [0.1, 0.15) is 44.6 Å². The summed E-state index contributed by atoms with van der Waals surface area (Å²) < 4.78 is 0. The van der Waals surface area contributed by atoms with E-state index in [2.05, 4.69) is 22.9 Å². The highest BCUT2D eigenvalue weighted by Crippen LogP contribution is 2.30. The molecule has 0 aromatic carbocycles. The standard InChI is InChI=1S/C17H25N3S/c1-14-5-7-16(8-6-14)20(17-19-10-3-11-21-17)13-15-4-2-9-18-12-15/h2,4,9,12,14,16H,3,5-8,10-11,13H2,1H3. The lowest BCUT2D eigenvalue weighted by atomic mass is 9.86. The molecule has 1 aromatic heterocycles. The summed E-state index contributed by atoms with van der Waals surface area (Å²) in [6, 6.07) is 4.87. The highest BCUT2D eigenvalue weighted by molar-refractivity contribution is 8.13. The minimum atomic E-state index is 0.658. The summed E-state index contributed by atoms with van der Waals surface area (Å²) in [5.74, 6) is 2.10. The van der Waals surface area contributed by atoms with Crippen molar-refractivity contribution in [1.82, 2.24) is 9.88 Å². The number of amidine groups is 1. The molecule has 4 heteroatoms. The van der Waals surface area contributed by atoms with Gasteiger partial charge in [0.1, 0.15) is 0 Å². The fourth-order valence-corrected chi connectivity index (χ4v) is 4.24. The molecular formula is C17H25N3S. The number of aliphatic imine (C=N–C) groups is 1. The third-order valence-electron chi connectivity index (χ3n) is 4.53. The van der Waals surface area contributed by atoms with Crippen LogP contribution in [0.25, 0.3) is 0 Å². The largest absolute Gasteiger partial charge is 0.344 e. The van der Waals surface area contributed by atoms with Gasteiger partial charge < -0.3 is 4.90 Å². The van der Waals surface area contributed by atoms with Gasteiger partial charge in [0.2, 0.25) is 0 Å². The van der Waals surface area contributed by atoms with Crippen molar-refractivity contribution in [2.24, 2.45) is 10.9 Å². The van der Waals surface area contributed by atoms with Crippen molar-refractivity contribution in [3.63, 3.8) is 0 Å². The Kier molecular flexibility index (Phi) is 5.17. The lowest BCUT2D eigenvalue weighted by molar-refractivity contribution is 0.210. The van der Waals surface area contributed by atoms with E-state index in [0.717, 1.165) is 19.0 Å². The average Bonchev–Trinajstić information content (AvgIpc) is 2.55. The Hall–Kier alpha value is -1.03. The summed E-state index contributed by atoms with van der Waals surface area (Å²) in [5.41, 5.74) is 1.30. The maximum absolute atomic E-state index is 4.81. The Bertz CT molecular complexity index is 466. The molecule has 2 aliphatic rings. The molecule has 1 fully saturated rings. The predicted molar refractivity (Wildman–Crippen MR) is 90.6 cm³/mol. The second-order valence-corrected chi connectivity index (χ2v) is 7.33. The smallest absolute Gasteiger partial charge is 0.159 e. The lowest BCUT2D eigenvalue weighted by Crippen LogP contribution is -2.41. The Morgan fingerprint density at radius 1 is 1.29 bits per heavy atom. The van der Waals surface area contributed by atoms with Gasteiger partial charge in [-0.2, -0.15) is 0 Å². The van der Waals surface area contributed by atoms with Crippen molar-refractivity contribution >= 4 is 16.9 Å². The van der Waals surface area contributed by atoms with Gasteiger partial charge in [0.25, 0.3) is 0 Å². The van der Waals surface area contributed by atoms with Gasteiger partial charge in [-0.1, -0.05) is 24.8 Å². The SMILES string of the molecule is CC1CCC(N(Cc2cccnc2)C2=NCCCS2)CC1. The van der Waals surface area contributed by atoms with Gasteiger partial charge in [-0.3, -0.25) is 9.98 Å². The predicted octanol–water partition coefficient (Wildman–Crippen LogP) is 3.96. The van der Waals surface area contributed by atoms with Gasteiger partial charge in [-0.15, -0.1) is 0 Å². The van der Waals surface area contributed by atoms with Crippen molar-refractivity contribution in [1.29, 1.82) is 0 Å². The Morgan fingerprint density at radius 3 is 2.81 bits per heavy atom. The second kappa shape index (κ2) is 7.30. The quantitative estimate of drug-likeness (QED) is 0.846.